The predicted molar refractivity (Wildman–Crippen MR) is 92.8 cm³/mol. The summed E-state index contributed by atoms with van der Waals surface area (Å²) in [5, 5.41) is 12.3. The maximum Gasteiger partial charge on any atom is 0.216 e. The zero-order chi connectivity index (χ0) is 16.9. The summed E-state index contributed by atoms with van der Waals surface area (Å²) in [6, 6.07) is 10.3. The molecule has 2 heterocycles. The molecular weight excluding hydrogens is 302 g/mol. The van der Waals surface area contributed by atoms with Gasteiger partial charge >= 0.3 is 0 Å². The number of hydrogen-bond donors (Lipinski definition) is 1. The van der Waals surface area contributed by atoms with E-state index in [9.17, 15) is 0 Å². The number of aromatic nitrogens is 4. The van der Waals surface area contributed by atoms with Gasteiger partial charge in [0.15, 0.2) is 0 Å². The van der Waals surface area contributed by atoms with Crippen LogP contribution >= 0.6 is 0 Å². The Labute approximate surface area is 142 Å². The van der Waals surface area contributed by atoms with Crippen molar-refractivity contribution in [2.75, 3.05) is 7.11 Å². The van der Waals surface area contributed by atoms with Gasteiger partial charge in [0.1, 0.15) is 0 Å². The van der Waals surface area contributed by atoms with Gasteiger partial charge in [0.25, 0.3) is 0 Å². The molecule has 3 aromatic rings. The number of nitrogens with one attached hydrogen (secondary N) is 1. The normalized spacial score (nSPS) is 11.0. The van der Waals surface area contributed by atoms with Crippen LogP contribution in [0.1, 0.15) is 22.4 Å². The van der Waals surface area contributed by atoms with Gasteiger partial charge in [0.05, 0.1) is 31.1 Å². The second-order valence-corrected chi connectivity index (χ2v) is 5.83. The van der Waals surface area contributed by atoms with Gasteiger partial charge in [-0.25, -0.2) is 4.68 Å². The minimum absolute atomic E-state index is 0.715. The largest absolute Gasteiger partial charge is 0.481 e. The molecule has 24 heavy (non-hydrogen) atoms. The molecule has 0 unspecified atom stereocenters. The second-order valence-electron chi connectivity index (χ2n) is 5.83. The van der Waals surface area contributed by atoms with Crippen LogP contribution in [0.5, 0.6) is 5.88 Å². The minimum Gasteiger partial charge on any atom is -0.481 e. The highest BCUT2D eigenvalue weighted by atomic mass is 16.5. The molecule has 1 aromatic carbocycles. The average Bonchev–Trinajstić information content (AvgIpc) is 3.12. The number of rotatable bonds is 7. The first-order valence-corrected chi connectivity index (χ1v) is 8.00. The molecule has 0 bridgehead atoms. The fraction of sp³-hybridized carbons (Fsp3) is 0.333. The Kier molecular flexibility index (Phi) is 4.96. The van der Waals surface area contributed by atoms with E-state index in [4.69, 9.17) is 4.74 Å². The number of benzene rings is 1. The number of aryl methyl sites for hydroxylation is 2. The SMILES string of the molecule is COc1c(CNCc2cnn(Cc3ccccc3)c2)c(C)nn1C. The number of nitrogens with zero attached hydrogens (tertiary/aromatic N) is 4. The Morgan fingerprint density at radius 3 is 2.67 bits per heavy atom. The van der Waals surface area contributed by atoms with E-state index in [1.54, 1.807) is 11.8 Å². The van der Waals surface area contributed by atoms with E-state index in [0.717, 1.165) is 35.8 Å². The molecule has 126 valence electrons. The van der Waals surface area contributed by atoms with Gasteiger partial charge < -0.3 is 10.1 Å². The van der Waals surface area contributed by atoms with Crippen molar-refractivity contribution in [3.63, 3.8) is 0 Å². The Morgan fingerprint density at radius 2 is 1.92 bits per heavy atom. The number of ether oxygens (including phenoxy) is 1. The molecule has 0 amide bonds. The first-order valence-electron chi connectivity index (χ1n) is 8.00. The van der Waals surface area contributed by atoms with Crippen molar-refractivity contribution >= 4 is 0 Å². The number of methoxy groups -OCH3 is 1. The van der Waals surface area contributed by atoms with Crippen LogP contribution in [0.3, 0.4) is 0 Å². The summed E-state index contributed by atoms with van der Waals surface area (Å²) in [7, 11) is 3.57. The van der Waals surface area contributed by atoms with Gasteiger partial charge in [-0.05, 0) is 12.5 Å². The van der Waals surface area contributed by atoms with E-state index >= 15 is 0 Å². The van der Waals surface area contributed by atoms with Crippen LogP contribution in [0.2, 0.25) is 0 Å². The molecule has 0 aliphatic rings. The van der Waals surface area contributed by atoms with Crippen molar-refractivity contribution in [1.82, 2.24) is 24.9 Å². The lowest BCUT2D eigenvalue weighted by Crippen LogP contribution is -2.13. The summed E-state index contributed by atoms with van der Waals surface area (Å²) in [5.41, 5.74) is 4.49. The maximum atomic E-state index is 5.41. The monoisotopic (exact) mass is 325 g/mol. The molecule has 0 aliphatic carbocycles. The lowest BCUT2D eigenvalue weighted by molar-refractivity contribution is 0.368. The Bertz CT molecular complexity index is 791. The third-order valence-electron chi connectivity index (χ3n) is 3.99. The van der Waals surface area contributed by atoms with E-state index in [1.165, 1.54) is 5.56 Å². The Hall–Kier alpha value is -2.60. The van der Waals surface area contributed by atoms with E-state index < -0.39 is 0 Å². The van der Waals surface area contributed by atoms with E-state index in [0.29, 0.717) is 6.54 Å². The molecule has 0 radical (unpaired) electrons. The van der Waals surface area contributed by atoms with Crippen LogP contribution in [-0.4, -0.2) is 26.7 Å². The zero-order valence-corrected chi connectivity index (χ0v) is 14.4. The first-order chi connectivity index (χ1) is 11.7. The van der Waals surface area contributed by atoms with Gasteiger partial charge in [0.2, 0.25) is 5.88 Å². The fourth-order valence-electron chi connectivity index (χ4n) is 2.83. The highest BCUT2D eigenvalue weighted by molar-refractivity contribution is 5.30. The quantitative estimate of drug-likeness (QED) is 0.724. The molecule has 0 fully saturated rings. The summed E-state index contributed by atoms with van der Waals surface area (Å²) in [4.78, 5) is 0. The third-order valence-corrected chi connectivity index (χ3v) is 3.99. The van der Waals surface area contributed by atoms with Gasteiger partial charge in [-0.3, -0.25) is 4.68 Å². The molecular formula is C18H23N5O. The average molecular weight is 325 g/mol. The van der Waals surface area contributed by atoms with Crippen LogP contribution in [0.15, 0.2) is 42.7 Å². The smallest absolute Gasteiger partial charge is 0.216 e. The van der Waals surface area contributed by atoms with Gasteiger partial charge in [0, 0.05) is 31.9 Å². The standard InChI is InChI=1S/C18H23N5O/c1-14-17(18(24-3)22(2)21-14)11-19-9-16-10-20-23(13-16)12-15-7-5-4-6-8-15/h4-8,10,13,19H,9,11-12H2,1-3H3. The molecule has 0 aliphatic heterocycles. The van der Waals surface area contributed by atoms with Gasteiger partial charge in [-0.15, -0.1) is 0 Å². The molecule has 0 saturated heterocycles. The highest BCUT2D eigenvalue weighted by Crippen LogP contribution is 2.20. The summed E-state index contributed by atoms with van der Waals surface area (Å²) >= 11 is 0. The van der Waals surface area contributed by atoms with Crippen molar-refractivity contribution in [3.8, 4) is 5.88 Å². The summed E-state index contributed by atoms with van der Waals surface area (Å²) in [6.07, 6.45) is 3.98. The first kappa shape index (κ1) is 16.3. The topological polar surface area (TPSA) is 56.9 Å². The van der Waals surface area contributed by atoms with Crippen LogP contribution in [0.25, 0.3) is 0 Å². The molecule has 6 heteroatoms. The lowest BCUT2D eigenvalue weighted by Gasteiger charge is -2.06. The van der Waals surface area contributed by atoms with Crippen LogP contribution in [0, 0.1) is 6.92 Å². The Morgan fingerprint density at radius 1 is 1.12 bits per heavy atom. The van der Waals surface area contributed by atoms with E-state index in [1.807, 2.05) is 43.0 Å². The van der Waals surface area contributed by atoms with Gasteiger partial charge in [-0.1, -0.05) is 30.3 Å². The van der Waals surface area contributed by atoms with Crippen molar-refractivity contribution in [3.05, 3.63) is 65.1 Å². The minimum atomic E-state index is 0.715. The molecule has 0 spiro atoms. The Balaban J connectivity index is 1.56. The van der Waals surface area contributed by atoms with E-state index in [-0.39, 0.29) is 0 Å². The van der Waals surface area contributed by atoms with Crippen LogP contribution in [-0.2, 0) is 26.7 Å². The second kappa shape index (κ2) is 7.31. The molecule has 1 N–H and O–H groups in total. The molecule has 2 aromatic heterocycles. The summed E-state index contributed by atoms with van der Waals surface area (Å²) in [6.45, 7) is 4.26. The summed E-state index contributed by atoms with van der Waals surface area (Å²) in [5.74, 6) is 0.805. The molecule has 0 saturated carbocycles. The lowest BCUT2D eigenvalue weighted by atomic mass is 10.2. The third kappa shape index (κ3) is 3.65. The molecule has 3 rings (SSSR count). The zero-order valence-electron chi connectivity index (χ0n) is 14.4. The van der Waals surface area contributed by atoms with Crippen molar-refractivity contribution in [1.29, 1.82) is 0 Å². The van der Waals surface area contributed by atoms with Crippen molar-refractivity contribution in [2.24, 2.45) is 7.05 Å². The van der Waals surface area contributed by atoms with Gasteiger partial charge in [-0.2, -0.15) is 10.2 Å². The fourth-order valence-corrected chi connectivity index (χ4v) is 2.83. The maximum absolute atomic E-state index is 5.41. The van der Waals surface area contributed by atoms with Crippen molar-refractivity contribution in [2.45, 2.75) is 26.6 Å². The van der Waals surface area contributed by atoms with Crippen LogP contribution in [0.4, 0.5) is 0 Å². The summed E-state index contributed by atoms with van der Waals surface area (Å²) < 4.78 is 9.14. The number of hydrogen-bond acceptors (Lipinski definition) is 4. The van der Waals surface area contributed by atoms with Crippen molar-refractivity contribution < 1.29 is 4.74 Å². The van der Waals surface area contributed by atoms with Crippen LogP contribution < -0.4 is 10.1 Å². The molecule has 0 atom stereocenters. The van der Waals surface area contributed by atoms with E-state index in [2.05, 4.69) is 33.8 Å². The molecule has 6 nitrogen and oxygen atoms in total. The highest BCUT2D eigenvalue weighted by Gasteiger charge is 2.13. The predicted octanol–water partition coefficient (Wildman–Crippen LogP) is 2.27.